The summed E-state index contributed by atoms with van der Waals surface area (Å²) < 4.78 is 0. The van der Waals surface area contributed by atoms with E-state index in [1.165, 1.54) is 5.56 Å². The quantitative estimate of drug-likeness (QED) is 0.508. The molecule has 0 aliphatic carbocycles. The van der Waals surface area contributed by atoms with Gasteiger partial charge in [-0.2, -0.15) is 4.98 Å². The Kier molecular flexibility index (Phi) is 6.59. The molecule has 3 heterocycles. The van der Waals surface area contributed by atoms with Crippen LogP contribution in [0.3, 0.4) is 0 Å². The fraction of sp³-hybridized carbons (Fsp3) is 0.357. The van der Waals surface area contributed by atoms with Crippen LogP contribution in [0.25, 0.3) is 0 Å². The highest BCUT2D eigenvalue weighted by molar-refractivity contribution is 6.04. The van der Waals surface area contributed by atoms with Crippen molar-refractivity contribution in [2.24, 2.45) is 5.92 Å². The van der Waals surface area contributed by atoms with Crippen molar-refractivity contribution in [3.8, 4) is 0 Å². The van der Waals surface area contributed by atoms with Gasteiger partial charge < -0.3 is 15.5 Å². The Labute approximate surface area is 210 Å². The van der Waals surface area contributed by atoms with Crippen molar-refractivity contribution in [2.75, 3.05) is 28.6 Å². The van der Waals surface area contributed by atoms with Crippen LogP contribution < -0.4 is 21.1 Å². The molecule has 0 radical (unpaired) electrons. The second kappa shape index (κ2) is 9.97. The third-order valence-corrected chi connectivity index (χ3v) is 7.19. The van der Waals surface area contributed by atoms with Crippen molar-refractivity contribution in [3.63, 3.8) is 0 Å². The number of hydrogen-bond acceptors (Lipinski definition) is 5. The van der Waals surface area contributed by atoms with Gasteiger partial charge in [-0.25, -0.2) is 0 Å². The molecule has 3 aromatic rings. The molecule has 5 rings (SSSR count). The lowest BCUT2D eigenvalue weighted by molar-refractivity contribution is -0.123. The normalized spacial score (nSPS) is 17.9. The molecule has 36 heavy (non-hydrogen) atoms. The van der Waals surface area contributed by atoms with Gasteiger partial charge in [0.05, 0.1) is 11.5 Å². The molecule has 2 amide bonds. The summed E-state index contributed by atoms with van der Waals surface area (Å²) in [5, 5.41) is 5.62. The minimum Gasteiger partial charge on any atom is -0.342 e. The standard InChI is InChI=1S/C28H31N5O3/c1-17-8-9-18(2)22(14-17)29-26(35)21-16-23(34)30-25-24(21)27(36)32-28(31-25)33-12-10-20(11-13-33)15-19-6-4-3-5-7-19/h3-9,14,20-21H,10-13,15-16H2,1-2H3,(H,29,35)(H2,30,31,32,34,36)/t21-/m0/s1. The van der Waals surface area contributed by atoms with Gasteiger partial charge in [0.25, 0.3) is 5.56 Å². The second-order valence-electron chi connectivity index (χ2n) is 9.88. The van der Waals surface area contributed by atoms with Crippen molar-refractivity contribution in [2.45, 2.75) is 45.4 Å². The highest BCUT2D eigenvalue weighted by Gasteiger charge is 2.35. The van der Waals surface area contributed by atoms with Gasteiger partial charge in [0.15, 0.2) is 0 Å². The molecule has 8 nitrogen and oxygen atoms in total. The zero-order valence-electron chi connectivity index (χ0n) is 20.6. The number of fused-ring (bicyclic) bond motifs is 1. The number of carbonyl (C=O) groups is 2. The molecule has 2 aliphatic rings. The molecule has 0 bridgehead atoms. The summed E-state index contributed by atoms with van der Waals surface area (Å²) in [6, 6.07) is 16.2. The smallest absolute Gasteiger partial charge is 0.258 e. The maximum Gasteiger partial charge on any atom is 0.258 e. The van der Waals surface area contributed by atoms with Crippen molar-refractivity contribution in [3.05, 3.63) is 81.1 Å². The van der Waals surface area contributed by atoms with E-state index in [1.54, 1.807) is 0 Å². The van der Waals surface area contributed by atoms with Crippen LogP contribution in [0.15, 0.2) is 53.3 Å². The van der Waals surface area contributed by atoms with Crippen molar-refractivity contribution >= 4 is 29.3 Å². The number of benzene rings is 2. The van der Waals surface area contributed by atoms with E-state index in [4.69, 9.17) is 0 Å². The van der Waals surface area contributed by atoms with Gasteiger partial charge in [-0.1, -0.05) is 42.5 Å². The van der Waals surface area contributed by atoms with Crippen LogP contribution in [0.1, 0.15) is 47.4 Å². The van der Waals surface area contributed by atoms with E-state index >= 15 is 0 Å². The van der Waals surface area contributed by atoms with Gasteiger partial charge in [-0.15, -0.1) is 0 Å². The predicted octanol–water partition coefficient (Wildman–Crippen LogP) is 3.91. The van der Waals surface area contributed by atoms with Crippen LogP contribution in [0, 0.1) is 19.8 Å². The average molecular weight is 486 g/mol. The molecule has 0 spiro atoms. The molecule has 8 heteroatoms. The van der Waals surface area contributed by atoms with Crippen LogP contribution in [0.2, 0.25) is 0 Å². The van der Waals surface area contributed by atoms with Gasteiger partial charge in [0.2, 0.25) is 17.8 Å². The lowest BCUT2D eigenvalue weighted by atomic mass is 9.90. The van der Waals surface area contributed by atoms with E-state index in [9.17, 15) is 14.4 Å². The van der Waals surface area contributed by atoms with Gasteiger partial charge in [-0.3, -0.25) is 19.4 Å². The minimum atomic E-state index is -0.907. The molecular formula is C28H31N5O3. The van der Waals surface area contributed by atoms with Crippen molar-refractivity contribution < 1.29 is 9.59 Å². The van der Waals surface area contributed by atoms with Crippen LogP contribution in [-0.2, 0) is 16.0 Å². The monoisotopic (exact) mass is 485 g/mol. The zero-order chi connectivity index (χ0) is 25.2. The number of aromatic amines is 1. The molecule has 0 saturated carbocycles. The number of anilines is 3. The highest BCUT2D eigenvalue weighted by atomic mass is 16.2. The SMILES string of the molecule is Cc1ccc(C)c(NC(=O)[C@H]2CC(=O)Nc3nc(N4CCC(Cc5ccccc5)CC4)[nH]c(=O)c32)c1. The number of rotatable bonds is 5. The van der Waals surface area contributed by atoms with E-state index in [0.717, 1.165) is 43.5 Å². The Morgan fingerprint density at radius 2 is 1.83 bits per heavy atom. The second-order valence-corrected chi connectivity index (χ2v) is 9.88. The summed E-state index contributed by atoms with van der Waals surface area (Å²) >= 11 is 0. The largest absolute Gasteiger partial charge is 0.342 e. The van der Waals surface area contributed by atoms with E-state index < -0.39 is 5.92 Å². The van der Waals surface area contributed by atoms with Crippen molar-refractivity contribution in [1.29, 1.82) is 0 Å². The summed E-state index contributed by atoms with van der Waals surface area (Å²) in [7, 11) is 0. The van der Waals surface area contributed by atoms with Gasteiger partial charge in [-0.05, 0) is 61.8 Å². The molecule has 0 unspecified atom stereocenters. The molecule has 2 aliphatic heterocycles. The number of aromatic nitrogens is 2. The number of H-pyrrole nitrogens is 1. The first kappa shape index (κ1) is 23.8. The van der Waals surface area contributed by atoms with Crippen molar-refractivity contribution in [1.82, 2.24) is 9.97 Å². The Morgan fingerprint density at radius 3 is 2.58 bits per heavy atom. The number of piperidine rings is 1. The first-order valence-corrected chi connectivity index (χ1v) is 12.5. The third kappa shape index (κ3) is 5.03. The number of aryl methyl sites for hydroxylation is 2. The molecule has 3 N–H and O–H groups in total. The molecular weight excluding hydrogens is 454 g/mol. The van der Waals surface area contributed by atoms with E-state index in [0.29, 0.717) is 17.6 Å². The Hall–Kier alpha value is -3.94. The summed E-state index contributed by atoms with van der Waals surface area (Å²) in [6.07, 6.45) is 2.92. The fourth-order valence-corrected chi connectivity index (χ4v) is 5.12. The molecule has 1 fully saturated rings. The maximum absolute atomic E-state index is 13.2. The Balaban J connectivity index is 1.33. The van der Waals surface area contributed by atoms with Crippen LogP contribution >= 0.6 is 0 Å². The highest BCUT2D eigenvalue weighted by Crippen LogP contribution is 2.32. The number of amides is 2. The first-order valence-electron chi connectivity index (χ1n) is 12.5. The van der Waals surface area contributed by atoms with Crippen LogP contribution in [0.4, 0.5) is 17.5 Å². The lowest BCUT2D eigenvalue weighted by Gasteiger charge is -2.33. The summed E-state index contributed by atoms with van der Waals surface area (Å²) in [4.78, 5) is 48.3. The average Bonchev–Trinajstić information content (AvgIpc) is 2.86. The number of hydrogen-bond donors (Lipinski definition) is 3. The van der Waals surface area contributed by atoms with Crippen LogP contribution in [0.5, 0.6) is 0 Å². The molecule has 186 valence electrons. The molecule has 1 aromatic heterocycles. The maximum atomic E-state index is 13.2. The number of nitrogens with one attached hydrogen (secondary N) is 3. The van der Waals surface area contributed by atoms with E-state index in [2.05, 4.69) is 49.8 Å². The number of nitrogens with zero attached hydrogens (tertiary/aromatic N) is 2. The summed E-state index contributed by atoms with van der Waals surface area (Å²) in [6.45, 7) is 5.38. The molecule has 1 atom stereocenters. The van der Waals surface area contributed by atoms with Gasteiger partial charge in [0, 0.05) is 25.2 Å². The Morgan fingerprint density at radius 1 is 1.08 bits per heavy atom. The van der Waals surface area contributed by atoms with Gasteiger partial charge >= 0.3 is 0 Å². The first-order chi connectivity index (χ1) is 17.4. The third-order valence-electron chi connectivity index (χ3n) is 7.19. The fourth-order valence-electron chi connectivity index (χ4n) is 5.12. The van der Waals surface area contributed by atoms with E-state index in [1.807, 2.05) is 38.1 Å². The topological polar surface area (TPSA) is 107 Å². The molecule has 2 aromatic carbocycles. The van der Waals surface area contributed by atoms with Crippen LogP contribution in [-0.4, -0.2) is 34.9 Å². The summed E-state index contributed by atoms with van der Waals surface area (Å²) in [5.41, 5.74) is 3.75. The summed E-state index contributed by atoms with van der Waals surface area (Å²) in [5.74, 6) is -0.428. The number of carbonyl (C=O) groups excluding carboxylic acids is 2. The van der Waals surface area contributed by atoms with E-state index in [-0.39, 0.29) is 35.2 Å². The minimum absolute atomic E-state index is 0.0985. The van der Waals surface area contributed by atoms with Gasteiger partial charge in [0.1, 0.15) is 5.82 Å². The zero-order valence-corrected chi connectivity index (χ0v) is 20.6. The molecule has 1 saturated heterocycles. The lowest BCUT2D eigenvalue weighted by Crippen LogP contribution is -2.40. The predicted molar refractivity (Wildman–Crippen MR) is 140 cm³/mol. The Bertz CT molecular complexity index is 1340.